The van der Waals surface area contributed by atoms with E-state index in [-0.39, 0.29) is 11.9 Å². The topological polar surface area (TPSA) is 120 Å². The SMILES string of the molecule is COCc1cccc(-c2ncnc3c(C(=O)NC4CCN(C(=O)O)CC4)c[nH]c23)c1. The first-order chi connectivity index (χ1) is 14.6. The third kappa shape index (κ3) is 3.97. The molecular weight excluding hydrogens is 386 g/mol. The van der Waals surface area contributed by atoms with Crippen LogP contribution in [0.1, 0.15) is 28.8 Å². The lowest BCUT2D eigenvalue weighted by molar-refractivity contribution is 0.0909. The average Bonchev–Trinajstić information content (AvgIpc) is 3.19. The molecule has 4 rings (SSSR count). The van der Waals surface area contributed by atoms with Crippen LogP contribution >= 0.6 is 0 Å². The Morgan fingerprint density at radius 1 is 1.30 bits per heavy atom. The number of aromatic amines is 1. The van der Waals surface area contributed by atoms with Gasteiger partial charge >= 0.3 is 6.09 Å². The highest BCUT2D eigenvalue weighted by Crippen LogP contribution is 2.27. The van der Waals surface area contributed by atoms with Crippen molar-refractivity contribution in [3.05, 3.63) is 47.9 Å². The van der Waals surface area contributed by atoms with Crippen LogP contribution < -0.4 is 5.32 Å². The Bertz CT molecular complexity index is 1070. The Morgan fingerprint density at radius 2 is 2.10 bits per heavy atom. The Kier molecular flexibility index (Phi) is 5.62. The van der Waals surface area contributed by atoms with E-state index in [0.717, 1.165) is 11.1 Å². The lowest BCUT2D eigenvalue weighted by atomic mass is 10.0. The van der Waals surface area contributed by atoms with Crippen molar-refractivity contribution in [3.8, 4) is 11.3 Å². The van der Waals surface area contributed by atoms with Crippen molar-refractivity contribution in [1.82, 2.24) is 25.2 Å². The highest BCUT2D eigenvalue weighted by Gasteiger charge is 2.25. The van der Waals surface area contributed by atoms with E-state index in [4.69, 9.17) is 9.84 Å². The Morgan fingerprint density at radius 3 is 2.83 bits per heavy atom. The molecule has 0 spiro atoms. The minimum absolute atomic E-state index is 0.0647. The fourth-order valence-corrected chi connectivity index (χ4v) is 3.78. The molecule has 2 amide bonds. The molecule has 1 fully saturated rings. The summed E-state index contributed by atoms with van der Waals surface area (Å²) in [6.07, 6.45) is 3.36. The monoisotopic (exact) mass is 409 g/mol. The van der Waals surface area contributed by atoms with E-state index in [1.54, 1.807) is 13.3 Å². The molecule has 3 heterocycles. The predicted molar refractivity (Wildman–Crippen MR) is 110 cm³/mol. The summed E-state index contributed by atoms with van der Waals surface area (Å²) in [5.41, 5.74) is 4.34. The van der Waals surface area contributed by atoms with Crippen molar-refractivity contribution in [3.63, 3.8) is 0 Å². The molecule has 0 radical (unpaired) electrons. The molecule has 1 aliphatic heterocycles. The van der Waals surface area contributed by atoms with Crippen molar-refractivity contribution in [2.24, 2.45) is 0 Å². The molecule has 2 aromatic heterocycles. The number of piperidine rings is 1. The van der Waals surface area contributed by atoms with Crippen molar-refractivity contribution in [2.75, 3.05) is 20.2 Å². The van der Waals surface area contributed by atoms with E-state index < -0.39 is 6.09 Å². The summed E-state index contributed by atoms with van der Waals surface area (Å²) in [5.74, 6) is -0.229. The standard InChI is InChI=1S/C21H23N5O4/c1-30-11-13-3-2-4-14(9-13)17-19-18(24-12-23-17)16(10-22-19)20(27)25-15-5-7-26(8-6-15)21(28)29/h2-4,9-10,12,15,22H,5-8,11H2,1H3,(H,25,27)(H,28,29). The first kappa shape index (κ1) is 19.8. The van der Waals surface area contributed by atoms with E-state index in [1.165, 1.54) is 11.2 Å². The van der Waals surface area contributed by atoms with Crippen molar-refractivity contribution >= 4 is 23.0 Å². The van der Waals surface area contributed by atoms with Gasteiger partial charge in [0.1, 0.15) is 11.8 Å². The minimum Gasteiger partial charge on any atom is -0.465 e. The van der Waals surface area contributed by atoms with Crippen LogP contribution in [0.5, 0.6) is 0 Å². The molecule has 0 bridgehead atoms. The summed E-state index contributed by atoms with van der Waals surface area (Å²) < 4.78 is 5.20. The molecule has 9 nitrogen and oxygen atoms in total. The average molecular weight is 409 g/mol. The summed E-state index contributed by atoms with van der Waals surface area (Å²) in [5, 5.41) is 12.1. The number of carbonyl (C=O) groups is 2. The molecule has 156 valence electrons. The highest BCUT2D eigenvalue weighted by atomic mass is 16.5. The first-order valence-corrected chi connectivity index (χ1v) is 9.76. The van der Waals surface area contributed by atoms with Crippen LogP contribution in [0.2, 0.25) is 0 Å². The number of benzene rings is 1. The number of nitrogens with zero attached hydrogens (tertiary/aromatic N) is 3. The van der Waals surface area contributed by atoms with Crippen molar-refractivity contribution in [1.29, 1.82) is 0 Å². The van der Waals surface area contributed by atoms with Gasteiger partial charge in [-0.15, -0.1) is 0 Å². The number of methoxy groups -OCH3 is 1. The van der Waals surface area contributed by atoms with Gasteiger partial charge in [0, 0.05) is 38.0 Å². The van der Waals surface area contributed by atoms with Gasteiger partial charge < -0.3 is 25.0 Å². The molecule has 0 saturated carbocycles. The van der Waals surface area contributed by atoms with E-state index in [1.807, 2.05) is 24.3 Å². The third-order valence-electron chi connectivity index (χ3n) is 5.32. The highest BCUT2D eigenvalue weighted by molar-refractivity contribution is 6.07. The Hall–Kier alpha value is -3.46. The zero-order chi connectivity index (χ0) is 21.1. The number of H-pyrrole nitrogens is 1. The number of aromatic nitrogens is 3. The summed E-state index contributed by atoms with van der Waals surface area (Å²) >= 11 is 0. The molecule has 0 atom stereocenters. The van der Waals surface area contributed by atoms with Crippen LogP contribution in [-0.2, 0) is 11.3 Å². The summed E-state index contributed by atoms with van der Waals surface area (Å²) in [6.45, 7) is 1.33. The maximum absolute atomic E-state index is 12.9. The Balaban J connectivity index is 1.55. The van der Waals surface area contributed by atoms with Gasteiger partial charge in [-0.05, 0) is 24.5 Å². The molecule has 30 heavy (non-hydrogen) atoms. The number of likely N-dealkylation sites (tertiary alicyclic amines) is 1. The number of carboxylic acid groups (broad SMARTS) is 1. The maximum atomic E-state index is 12.9. The predicted octanol–water partition coefficient (Wildman–Crippen LogP) is 2.64. The third-order valence-corrected chi connectivity index (χ3v) is 5.32. The van der Waals surface area contributed by atoms with Crippen LogP contribution in [0.25, 0.3) is 22.3 Å². The van der Waals surface area contributed by atoms with Gasteiger partial charge in [0.2, 0.25) is 0 Å². The Labute approximate surface area is 173 Å². The summed E-state index contributed by atoms with van der Waals surface area (Å²) in [4.78, 5) is 37.1. The number of fused-ring (bicyclic) bond motifs is 1. The zero-order valence-corrected chi connectivity index (χ0v) is 16.6. The van der Waals surface area contributed by atoms with Crippen LogP contribution in [0, 0.1) is 0 Å². The summed E-state index contributed by atoms with van der Waals surface area (Å²) in [6, 6.07) is 7.82. The molecule has 0 unspecified atom stereocenters. The van der Waals surface area contributed by atoms with Crippen LogP contribution in [-0.4, -0.2) is 63.2 Å². The molecule has 3 aromatic rings. The molecule has 0 aliphatic carbocycles. The lowest BCUT2D eigenvalue weighted by Crippen LogP contribution is -2.46. The van der Waals surface area contributed by atoms with E-state index in [2.05, 4.69) is 20.3 Å². The number of rotatable bonds is 5. The molecular formula is C21H23N5O4. The van der Waals surface area contributed by atoms with E-state index in [9.17, 15) is 9.59 Å². The molecule has 9 heteroatoms. The van der Waals surface area contributed by atoms with Gasteiger partial charge in [0.15, 0.2) is 0 Å². The van der Waals surface area contributed by atoms with Gasteiger partial charge in [-0.3, -0.25) is 4.79 Å². The van der Waals surface area contributed by atoms with Crippen LogP contribution in [0.15, 0.2) is 36.8 Å². The van der Waals surface area contributed by atoms with Crippen molar-refractivity contribution < 1.29 is 19.4 Å². The lowest BCUT2D eigenvalue weighted by Gasteiger charge is -2.30. The number of nitrogens with one attached hydrogen (secondary N) is 2. The van der Waals surface area contributed by atoms with Crippen LogP contribution in [0.3, 0.4) is 0 Å². The van der Waals surface area contributed by atoms with Crippen molar-refractivity contribution in [2.45, 2.75) is 25.5 Å². The first-order valence-electron chi connectivity index (χ1n) is 9.76. The molecule has 1 aliphatic rings. The fourth-order valence-electron chi connectivity index (χ4n) is 3.78. The van der Waals surface area contributed by atoms with Gasteiger partial charge in [-0.1, -0.05) is 18.2 Å². The quantitative estimate of drug-likeness (QED) is 0.596. The number of hydrogen-bond acceptors (Lipinski definition) is 5. The molecule has 1 aromatic carbocycles. The smallest absolute Gasteiger partial charge is 0.407 e. The summed E-state index contributed by atoms with van der Waals surface area (Å²) in [7, 11) is 1.65. The molecule has 3 N–H and O–H groups in total. The van der Waals surface area contributed by atoms with Crippen LogP contribution in [0.4, 0.5) is 4.79 Å². The second kappa shape index (κ2) is 8.50. The maximum Gasteiger partial charge on any atom is 0.407 e. The number of hydrogen-bond donors (Lipinski definition) is 3. The van der Waals surface area contributed by atoms with Gasteiger partial charge in [-0.2, -0.15) is 0 Å². The van der Waals surface area contributed by atoms with Gasteiger partial charge in [0.25, 0.3) is 5.91 Å². The number of ether oxygens (including phenoxy) is 1. The minimum atomic E-state index is -0.921. The second-order valence-corrected chi connectivity index (χ2v) is 7.30. The normalized spacial score (nSPS) is 14.8. The largest absolute Gasteiger partial charge is 0.465 e. The van der Waals surface area contributed by atoms with E-state index >= 15 is 0 Å². The number of amides is 2. The second-order valence-electron chi connectivity index (χ2n) is 7.30. The van der Waals surface area contributed by atoms with E-state index in [0.29, 0.717) is 54.8 Å². The number of carbonyl (C=O) groups excluding carboxylic acids is 1. The fraction of sp³-hybridized carbons (Fsp3) is 0.333. The van der Waals surface area contributed by atoms with Gasteiger partial charge in [-0.25, -0.2) is 14.8 Å². The molecule has 1 saturated heterocycles. The van der Waals surface area contributed by atoms with Gasteiger partial charge in [0.05, 0.1) is 23.4 Å². The zero-order valence-electron chi connectivity index (χ0n) is 16.6.